The molecule has 1 aliphatic heterocycles. The highest BCUT2D eigenvalue weighted by molar-refractivity contribution is 6.05. The van der Waals surface area contributed by atoms with E-state index < -0.39 is 0 Å². The Balaban J connectivity index is 1.36. The average Bonchev–Trinajstić information content (AvgIpc) is 3.43. The third-order valence-corrected chi connectivity index (χ3v) is 7.90. The van der Waals surface area contributed by atoms with E-state index in [0.717, 1.165) is 28.7 Å². The van der Waals surface area contributed by atoms with Crippen LogP contribution in [-0.2, 0) is 0 Å². The second-order valence-electron chi connectivity index (χ2n) is 9.54. The van der Waals surface area contributed by atoms with E-state index in [2.05, 4.69) is 53.1 Å². The molecule has 0 aromatic heterocycles. The number of para-hydroxylation sites is 1. The van der Waals surface area contributed by atoms with Gasteiger partial charge in [0.1, 0.15) is 0 Å². The first kappa shape index (κ1) is 18.7. The summed E-state index contributed by atoms with van der Waals surface area (Å²) in [6, 6.07) is 25.5. The summed E-state index contributed by atoms with van der Waals surface area (Å²) in [5, 5.41) is 6.97. The molecule has 3 nitrogen and oxygen atoms in total. The van der Waals surface area contributed by atoms with Crippen LogP contribution in [0.5, 0.6) is 0 Å². The molecule has 2 saturated carbocycles. The topological polar surface area (TPSA) is 41.1 Å². The molecule has 6 rings (SSSR count). The number of rotatable bonds is 3. The van der Waals surface area contributed by atoms with Gasteiger partial charge in [-0.05, 0) is 90.8 Å². The van der Waals surface area contributed by atoms with Gasteiger partial charge < -0.3 is 10.6 Å². The van der Waals surface area contributed by atoms with E-state index in [0.29, 0.717) is 17.9 Å². The highest BCUT2D eigenvalue weighted by Gasteiger charge is 2.53. The summed E-state index contributed by atoms with van der Waals surface area (Å²) < 4.78 is 0. The van der Waals surface area contributed by atoms with Crippen molar-refractivity contribution in [3.63, 3.8) is 0 Å². The number of carbonyl (C=O) groups is 1. The van der Waals surface area contributed by atoms with Crippen LogP contribution >= 0.6 is 0 Å². The molecule has 2 bridgehead atoms. The number of fused-ring (bicyclic) bond motifs is 7. The minimum Gasteiger partial charge on any atom is -0.378 e. The van der Waals surface area contributed by atoms with Gasteiger partial charge in [0, 0.05) is 16.9 Å². The van der Waals surface area contributed by atoms with Gasteiger partial charge in [0.2, 0.25) is 0 Å². The molecule has 2 aliphatic carbocycles. The van der Waals surface area contributed by atoms with Crippen LogP contribution < -0.4 is 10.6 Å². The van der Waals surface area contributed by atoms with Gasteiger partial charge in [0.15, 0.2) is 0 Å². The van der Waals surface area contributed by atoms with Gasteiger partial charge >= 0.3 is 0 Å². The zero-order chi connectivity index (χ0) is 20.9. The van der Waals surface area contributed by atoms with Crippen LogP contribution in [0.3, 0.4) is 0 Å². The van der Waals surface area contributed by atoms with Crippen molar-refractivity contribution in [2.45, 2.75) is 38.1 Å². The number of hydrogen-bond acceptors (Lipinski definition) is 2. The first-order valence-corrected chi connectivity index (χ1v) is 11.5. The fourth-order valence-electron chi connectivity index (χ4n) is 6.53. The molecule has 2 N–H and O–H groups in total. The molecule has 0 radical (unpaired) electrons. The van der Waals surface area contributed by atoms with E-state index >= 15 is 0 Å². The maximum atomic E-state index is 13.1. The SMILES string of the molecule is Cc1ccccc1NC(=O)c1ccc2c(c1)[C@@H]1[C@H]3CC[C@@H](C3)[C@H]1[C@H](c1ccccc1)N2. The lowest BCUT2D eigenvalue weighted by atomic mass is 9.68. The van der Waals surface area contributed by atoms with E-state index in [1.165, 1.54) is 36.1 Å². The summed E-state index contributed by atoms with van der Waals surface area (Å²) in [5.74, 6) is 2.67. The summed E-state index contributed by atoms with van der Waals surface area (Å²) in [7, 11) is 0. The normalized spacial score (nSPS) is 27.8. The van der Waals surface area contributed by atoms with Gasteiger partial charge in [0.05, 0.1) is 6.04 Å². The predicted molar refractivity (Wildman–Crippen MR) is 125 cm³/mol. The van der Waals surface area contributed by atoms with E-state index in [-0.39, 0.29) is 5.91 Å². The maximum absolute atomic E-state index is 13.1. The van der Waals surface area contributed by atoms with Crippen LogP contribution in [-0.4, -0.2) is 5.91 Å². The Hall–Kier alpha value is -3.07. The van der Waals surface area contributed by atoms with Gasteiger partial charge in [0.25, 0.3) is 5.91 Å². The predicted octanol–water partition coefficient (Wildman–Crippen LogP) is 6.54. The van der Waals surface area contributed by atoms with Crippen molar-refractivity contribution in [3.8, 4) is 0 Å². The number of nitrogens with one attached hydrogen (secondary N) is 2. The van der Waals surface area contributed by atoms with E-state index in [1.807, 2.05) is 37.3 Å². The van der Waals surface area contributed by atoms with Crippen molar-refractivity contribution in [2.24, 2.45) is 17.8 Å². The number of hydrogen-bond donors (Lipinski definition) is 2. The fourth-order valence-corrected chi connectivity index (χ4v) is 6.53. The Labute approximate surface area is 183 Å². The molecule has 3 aromatic rings. The zero-order valence-corrected chi connectivity index (χ0v) is 17.8. The van der Waals surface area contributed by atoms with E-state index in [4.69, 9.17) is 0 Å². The first-order chi connectivity index (χ1) is 15.2. The summed E-state index contributed by atoms with van der Waals surface area (Å²) in [4.78, 5) is 13.1. The van der Waals surface area contributed by atoms with Gasteiger partial charge in [-0.25, -0.2) is 0 Å². The Kier molecular flexibility index (Phi) is 4.38. The van der Waals surface area contributed by atoms with Crippen LogP contribution in [0.25, 0.3) is 0 Å². The summed E-state index contributed by atoms with van der Waals surface area (Å²) in [6.07, 6.45) is 4.01. The van der Waals surface area contributed by atoms with Crippen molar-refractivity contribution in [2.75, 3.05) is 10.6 Å². The lowest BCUT2D eigenvalue weighted by Crippen LogP contribution is -2.35. The van der Waals surface area contributed by atoms with Crippen molar-refractivity contribution in [1.29, 1.82) is 0 Å². The second-order valence-corrected chi connectivity index (χ2v) is 9.54. The van der Waals surface area contributed by atoms with Crippen LogP contribution in [0.1, 0.15) is 58.3 Å². The van der Waals surface area contributed by atoms with Crippen molar-refractivity contribution in [3.05, 3.63) is 95.1 Å². The van der Waals surface area contributed by atoms with Gasteiger partial charge in [-0.3, -0.25) is 4.79 Å². The Morgan fingerprint density at radius 1 is 0.935 bits per heavy atom. The third kappa shape index (κ3) is 3.06. The molecule has 1 amide bonds. The second kappa shape index (κ2) is 7.26. The first-order valence-electron chi connectivity index (χ1n) is 11.5. The molecule has 3 aromatic carbocycles. The Bertz CT molecular complexity index is 1140. The zero-order valence-electron chi connectivity index (χ0n) is 17.8. The number of benzene rings is 3. The largest absolute Gasteiger partial charge is 0.378 e. The molecule has 31 heavy (non-hydrogen) atoms. The monoisotopic (exact) mass is 408 g/mol. The van der Waals surface area contributed by atoms with E-state index in [9.17, 15) is 4.79 Å². The molecule has 1 heterocycles. The lowest BCUT2D eigenvalue weighted by molar-refractivity contribution is 0.102. The highest BCUT2D eigenvalue weighted by Crippen LogP contribution is 2.63. The quantitative estimate of drug-likeness (QED) is 0.516. The number of carbonyl (C=O) groups excluding carboxylic acids is 1. The standard InChI is InChI=1S/C28H28N2O/c1-17-7-5-6-10-23(17)30-28(31)21-13-14-24-22(16-21)25-19-11-12-20(15-19)26(25)27(29-24)18-8-3-2-4-9-18/h2-10,13-14,16,19-20,25-27,29H,11-12,15H2,1H3,(H,30,31)/t19-,20-,25-,26+,27-/m0/s1. The van der Waals surface area contributed by atoms with Crippen molar-refractivity contribution < 1.29 is 4.79 Å². The molecule has 0 saturated heterocycles. The van der Waals surface area contributed by atoms with Gasteiger partial charge in [-0.15, -0.1) is 0 Å². The summed E-state index contributed by atoms with van der Waals surface area (Å²) in [5.41, 5.74) is 6.65. The molecular formula is C28H28N2O. The van der Waals surface area contributed by atoms with Gasteiger partial charge in [-0.2, -0.15) is 0 Å². The fraction of sp³-hybridized carbons (Fsp3) is 0.321. The molecule has 0 spiro atoms. The number of amides is 1. The van der Waals surface area contributed by atoms with Crippen LogP contribution in [0.2, 0.25) is 0 Å². The average molecular weight is 409 g/mol. The summed E-state index contributed by atoms with van der Waals surface area (Å²) >= 11 is 0. The minimum atomic E-state index is -0.0259. The molecule has 156 valence electrons. The van der Waals surface area contributed by atoms with Crippen molar-refractivity contribution >= 4 is 17.3 Å². The lowest BCUT2D eigenvalue weighted by Gasteiger charge is -2.43. The molecule has 0 unspecified atom stereocenters. The molecular weight excluding hydrogens is 380 g/mol. The molecule has 2 fully saturated rings. The van der Waals surface area contributed by atoms with E-state index in [1.54, 1.807) is 0 Å². The third-order valence-electron chi connectivity index (χ3n) is 7.90. The van der Waals surface area contributed by atoms with Crippen molar-refractivity contribution in [1.82, 2.24) is 0 Å². The minimum absolute atomic E-state index is 0.0259. The van der Waals surface area contributed by atoms with Crippen LogP contribution in [0.15, 0.2) is 72.8 Å². The Morgan fingerprint density at radius 3 is 2.55 bits per heavy atom. The Morgan fingerprint density at radius 2 is 1.71 bits per heavy atom. The molecule has 3 heteroatoms. The van der Waals surface area contributed by atoms with Crippen LogP contribution in [0, 0.1) is 24.7 Å². The number of aryl methyl sites for hydroxylation is 1. The summed E-state index contributed by atoms with van der Waals surface area (Å²) in [6.45, 7) is 2.02. The van der Waals surface area contributed by atoms with Gasteiger partial charge in [-0.1, -0.05) is 48.5 Å². The molecule has 3 aliphatic rings. The van der Waals surface area contributed by atoms with Crippen LogP contribution in [0.4, 0.5) is 11.4 Å². The smallest absolute Gasteiger partial charge is 0.255 e. The molecule has 5 atom stereocenters. The maximum Gasteiger partial charge on any atom is 0.255 e. The number of anilines is 2. The highest BCUT2D eigenvalue weighted by atomic mass is 16.1.